The molecule has 94 valence electrons. The molecule has 0 radical (unpaired) electrons. The van der Waals surface area contributed by atoms with E-state index in [-0.39, 0.29) is 18.2 Å². The van der Waals surface area contributed by atoms with Crippen molar-refractivity contribution in [1.82, 2.24) is 4.98 Å². The number of nitrogens with zero attached hydrogens (tertiary/aromatic N) is 1. The molecule has 0 aliphatic carbocycles. The van der Waals surface area contributed by atoms with Crippen LogP contribution < -0.4 is 5.32 Å². The van der Waals surface area contributed by atoms with E-state index in [2.05, 4.69) is 10.3 Å². The molecule has 5 heteroatoms. The number of rotatable bonds is 6. The summed E-state index contributed by atoms with van der Waals surface area (Å²) in [4.78, 5) is 15.3. The third kappa shape index (κ3) is 3.42. The van der Waals surface area contributed by atoms with Gasteiger partial charge in [0.05, 0.1) is 12.6 Å². The number of aliphatic hydroxyl groups is 1. The van der Waals surface area contributed by atoms with Crippen LogP contribution in [0.25, 0.3) is 0 Å². The number of carbonyl (C=O) groups is 1. The molecular weight excluding hydrogens is 220 g/mol. The maximum atomic E-state index is 11.0. The van der Waals surface area contributed by atoms with Crippen LogP contribution in [0.15, 0.2) is 12.1 Å². The van der Waals surface area contributed by atoms with Gasteiger partial charge < -0.3 is 15.5 Å². The highest BCUT2D eigenvalue weighted by atomic mass is 16.4. The third-order valence-corrected chi connectivity index (χ3v) is 2.60. The summed E-state index contributed by atoms with van der Waals surface area (Å²) in [5, 5.41) is 21.1. The standard InChI is InChI=1S/C12H18N2O3/c1-3-8-5-6-10(12(16)17)11(13-8)14-9(4-2)7-15/h5-6,9,15H,3-4,7H2,1-2H3,(H,13,14)(H,16,17). The zero-order valence-corrected chi connectivity index (χ0v) is 10.1. The second kappa shape index (κ2) is 6.20. The van der Waals surface area contributed by atoms with Crippen LogP contribution in [0.3, 0.4) is 0 Å². The van der Waals surface area contributed by atoms with Crippen LogP contribution in [0.2, 0.25) is 0 Å². The number of pyridine rings is 1. The van der Waals surface area contributed by atoms with Crippen molar-refractivity contribution in [3.8, 4) is 0 Å². The van der Waals surface area contributed by atoms with Gasteiger partial charge in [0.15, 0.2) is 0 Å². The van der Waals surface area contributed by atoms with E-state index in [1.165, 1.54) is 0 Å². The average molecular weight is 238 g/mol. The van der Waals surface area contributed by atoms with Gasteiger partial charge in [-0.1, -0.05) is 13.8 Å². The summed E-state index contributed by atoms with van der Waals surface area (Å²) in [5.74, 6) is -0.687. The van der Waals surface area contributed by atoms with E-state index in [0.717, 1.165) is 12.1 Å². The Hall–Kier alpha value is -1.62. The van der Waals surface area contributed by atoms with Gasteiger partial charge in [-0.05, 0) is 25.0 Å². The molecule has 1 aromatic heterocycles. The molecule has 17 heavy (non-hydrogen) atoms. The number of anilines is 1. The number of hydrogen-bond acceptors (Lipinski definition) is 4. The Morgan fingerprint density at radius 2 is 2.18 bits per heavy atom. The van der Waals surface area contributed by atoms with Gasteiger partial charge in [0, 0.05) is 5.69 Å². The van der Waals surface area contributed by atoms with E-state index in [9.17, 15) is 4.79 Å². The SMILES string of the molecule is CCc1ccc(C(=O)O)c(NC(CC)CO)n1. The van der Waals surface area contributed by atoms with Crippen molar-refractivity contribution in [2.75, 3.05) is 11.9 Å². The lowest BCUT2D eigenvalue weighted by molar-refractivity contribution is 0.0697. The van der Waals surface area contributed by atoms with E-state index in [4.69, 9.17) is 10.2 Å². The number of aromatic carboxylic acids is 1. The molecule has 1 rings (SSSR count). The van der Waals surface area contributed by atoms with E-state index in [0.29, 0.717) is 12.2 Å². The largest absolute Gasteiger partial charge is 0.478 e. The minimum absolute atomic E-state index is 0.0480. The Morgan fingerprint density at radius 1 is 1.47 bits per heavy atom. The van der Waals surface area contributed by atoms with Crippen molar-refractivity contribution in [2.45, 2.75) is 32.7 Å². The molecule has 0 aromatic carbocycles. The number of aryl methyl sites for hydroxylation is 1. The van der Waals surface area contributed by atoms with Gasteiger partial charge in [-0.15, -0.1) is 0 Å². The Bertz CT molecular complexity index is 389. The number of carboxylic acid groups (broad SMARTS) is 1. The summed E-state index contributed by atoms with van der Waals surface area (Å²) < 4.78 is 0. The van der Waals surface area contributed by atoms with Gasteiger partial charge in [0.1, 0.15) is 11.4 Å². The van der Waals surface area contributed by atoms with Gasteiger partial charge in [0.2, 0.25) is 0 Å². The molecule has 5 nitrogen and oxygen atoms in total. The molecule has 1 atom stereocenters. The first-order valence-corrected chi connectivity index (χ1v) is 5.72. The zero-order chi connectivity index (χ0) is 12.8. The maximum absolute atomic E-state index is 11.0. The first-order valence-electron chi connectivity index (χ1n) is 5.72. The number of aliphatic hydroxyl groups excluding tert-OH is 1. The van der Waals surface area contributed by atoms with Gasteiger partial charge in [-0.2, -0.15) is 0 Å². The van der Waals surface area contributed by atoms with Gasteiger partial charge in [-0.3, -0.25) is 0 Å². The van der Waals surface area contributed by atoms with Crippen molar-refractivity contribution in [2.24, 2.45) is 0 Å². The van der Waals surface area contributed by atoms with E-state index >= 15 is 0 Å². The number of nitrogens with one attached hydrogen (secondary N) is 1. The van der Waals surface area contributed by atoms with Crippen molar-refractivity contribution in [1.29, 1.82) is 0 Å². The minimum Gasteiger partial charge on any atom is -0.478 e. The fourth-order valence-corrected chi connectivity index (χ4v) is 1.45. The number of hydrogen-bond donors (Lipinski definition) is 3. The molecule has 0 saturated heterocycles. The molecule has 0 aliphatic heterocycles. The lowest BCUT2D eigenvalue weighted by Crippen LogP contribution is -2.25. The first-order chi connectivity index (χ1) is 8.12. The minimum atomic E-state index is -1.02. The molecule has 0 spiro atoms. The predicted molar refractivity (Wildman–Crippen MR) is 65.4 cm³/mol. The number of aromatic nitrogens is 1. The molecule has 0 amide bonds. The summed E-state index contributed by atoms with van der Waals surface area (Å²) in [6.45, 7) is 3.82. The Kier molecular flexibility index (Phi) is 4.90. The Labute approximate surface area is 101 Å². The monoisotopic (exact) mass is 238 g/mol. The lowest BCUT2D eigenvalue weighted by Gasteiger charge is -2.16. The quantitative estimate of drug-likeness (QED) is 0.700. The third-order valence-electron chi connectivity index (χ3n) is 2.60. The van der Waals surface area contributed by atoms with Crippen LogP contribution in [0.4, 0.5) is 5.82 Å². The molecule has 1 aromatic rings. The molecule has 1 unspecified atom stereocenters. The average Bonchev–Trinajstić information content (AvgIpc) is 2.35. The normalized spacial score (nSPS) is 12.2. The summed E-state index contributed by atoms with van der Waals surface area (Å²) in [7, 11) is 0. The highest BCUT2D eigenvalue weighted by molar-refractivity contribution is 5.93. The second-order valence-corrected chi connectivity index (χ2v) is 3.79. The van der Waals surface area contributed by atoms with Crippen molar-refractivity contribution in [3.63, 3.8) is 0 Å². The highest BCUT2D eigenvalue weighted by Crippen LogP contribution is 2.16. The van der Waals surface area contributed by atoms with Crippen molar-refractivity contribution in [3.05, 3.63) is 23.4 Å². The smallest absolute Gasteiger partial charge is 0.339 e. The zero-order valence-electron chi connectivity index (χ0n) is 10.1. The van der Waals surface area contributed by atoms with E-state index in [1.807, 2.05) is 13.8 Å². The molecule has 0 bridgehead atoms. The van der Waals surface area contributed by atoms with Crippen molar-refractivity contribution < 1.29 is 15.0 Å². The van der Waals surface area contributed by atoms with Crippen LogP contribution in [0.1, 0.15) is 36.3 Å². The topological polar surface area (TPSA) is 82.5 Å². The summed E-state index contributed by atoms with van der Waals surface area (Å²) in [5.41, 5.74) is 0.958. The van der Waals surface area contributed by atoms with Gasteiger partial charge in [-0.25, -0.2) is 9.78 Å². The Morgan fingerprint density at radius 3 is 2.65 bits per heavy atom. The molecule has 0 aliphatic rings. The molecule has 1 heterocycles. The van der Waals surface area contributed by atoms with Crippen LogP contribution in [-0.4, -0.2) is 33.8 Å². The summed E-state index contributed by atoms with van der Waals surface area (Å²) >= 11 is 0. The van der Waals surface area contributed by atoms with Crippen LogP contribution >= 0.6 is 0 Å². The summed E-state index contributed by atoms with van der Waals surface area (Å²) in [6, 6.07) is 3.07. The van der Waals surface area contributed by atoms with E-state index < -0.39 is 5.97 Å². The highest BCUT2D eigenvalue weighted by Gasteiger charge is 2.14. The maximum Gasteiger partial charge on any atom is 0.339 e. The number of carboxylic acids is 1. The Balaban J connectivity index is 3.04. The van der Waals surface area contributed by atoms with E-state index in [1.54, 1.807) is 12.1 Å². The van der Waals surface area contributed by atoms with Crippen LogP contribution in [0, 0.1) is 0 Å². The first kappa shape index (κ1) is 13.4. The molecule has 0 saturated carbocycles. The van der Waals surface area contributed by atoms with Crippen molar-refractivity contribution >= 4 is 11.8 Å². The molecule has 3 N–H and O–H groups in total. The van der Waals surface area contributed by atoms with Gasteiger partial charge >= 0.3 is 5.97 Å². The lowest BCUT2D eigenvalue weighted by atomic mass is 10.2. The molecular formula is C12H18N2O3. The van der Waals surface area contributed by atoms with Gasteiger partial charge in [0.25, 0.3) is 0 Å². The fourth-order valence-electron chi connectivity index (χ4n) is 1.45. The summed E-state index contributed by atoms with van der Waals surface area (Å²) in [6.07, 6.45) is 1.44. The fraction of sp³-hybridized carbons (Fsp3) is 0.500. The van der Waals surface area contributed by atoms with Crippen LogP contribution in [0.5, 0.6) is 0 Å². The predicted octanol–water partition coefficient (Wildman–Crippen LogP) is 1.52. The second-order valence-electron chi connectivity index (χ2n) is 3.79. The van der Waals surface area contributed by atoms with Crippen LogP contribution in [-0.2, 0) is 6.42 Å². The molecule has 0 fully saturated rings.